The Labute approximate surface area is 116 Å². The molecule has 0 saturated heterocycles. The molecular weight excluding hydrogens is 234 g/mol. The van der Waals surface area contributed by atoms with Crippen molar-refractivity contribution < 1.29 is 4.74 Å². The van der Waals surface area contributed by atoms with Crippen molar-refractivity contribution in [1.29, 1.82) is 0 Å². The molecule has 3 atom stereocenters. The molecule has 0 radical (unpaired) electrons. The fourth-order valence-corrected chi connectivity index (χ4v) is 3.77. The predicted molar refractivity (Wildman–Crippen MR) is 78.7 cm³/mol. The molecule has 1 aromatic rings. The number of rotatable bonds is 4. The van der Waals surface area contributed by atoms with Crippen LogP contribution in [-0.4, -0.2) is 18.7 Å². The molecule has 0 spiro atoms. The second-order valence-electron chi connectivity index (χ2n) is 6.15. The number of hydrogen-bond acceptors (Lipinski definition) is 2. The summed E-state index contributed by atoms with van der Waals surface area (Å²) in [7, 11) is 0. The first-order valence-corrected chi connectivity index (χ1v) is 7.76. The minimum Gasteiger partial charge on any atom is -0.490 e. The van der Waals surface area contributed by atoms with E-state index in [-0.39, 0.29) is 0 Å². The Hall–Kier alpha value is -1.02. The van der Waals surface area contributed by atoms with Crippen LogP contribution in [0.3, 0.4) is 0 Å². The van der Waals surface area contributed by atoms with Crippen LogP contribution in [0.25, 0.3) is 0 Å². The molecule has 1 heterocycles. The topological polar surface area (TPSA) is 21.3 Å². The summed E-state index contributed by atoms with van der Waals surface area (Å²) in [5, 5.41) is 3.64. The molecule has 1 N–H and O–H groups in total. The summed E-state index contributed by atoms with van der Waals surface area (Å²) in [5.41, 5.74) is 2.75. The maximum atomic E-state index is 6.12. The Bertz CT molecular complexity index is 443. The van der Waals surface area contributed by atoms with Crippen LogP contribution in [-0.2, 0) is 6.42 Å². The van der Waals surface area contributed by atoms with Gasteiger partial charge in [-0.3, -0.25) is 0 Å². The highest BCUT2D eigenvalue weighted by atomic mass is 16.5. The summed E-state index contributed by atoms with van der Waals surface area (Å²) in [6.07, 6.45) is 6.81. The normalized spacial score (nSPS) is 29.3. The van der Waals surface area contributed by atoms with E-state index in [9.17, 15) is 0 Å². The number of nitrogens with one attached hydrogen (secondary N) is 1. The smallest absolute Gasteiger partial charge is 0.123 e. The monoisotopic (exact) mass is 259 g/mol. The Kier molecular flexibility index (Phi) is 3.79. The van der Waals surface area contributed by atoms with Crippen molar-refractivity contribution in [2.75, 3.05) is 6.54 Å². The van der Waals surface area contributed by atoms with E-state index in [2.05, 4.69) is 37.4 Å². The van der Waals surface area contributed by atoms with E-state index in [1.165, 1.54) is 36.8 Å². The van der Waals surface area contributed by atoms with E-state index in [1.54, 1.807) is 0 Å². The number of aryl methyl sites for hydroxylation is 1. The standard InChI is InChI=1S/C17H25NO/c1-3-18-16-6-4-5-13(16)10-15-11-14-9-12(2)7-8-17(14)19-15/h7-9,13,15-16,18H,3-6,10-11H2,1-2H3. The molecule has 2 aliphatic rings. The summed E-state index contributed by atoms with van der Waals surface area (Å²) in [5.74, 6) is 1.92. The van der Waals surface area contributed by atoms with Gasteiger partial charge in [-0.2, -0.15) is 0 Å². The van der Waals surface area contributed by atoms with Gasteiger partial charge in [-0.25, -0.2) is 0 Å². The van der Waals surface area contributed by atoms with Crippen LogP contribution in [0.4, 0.5) is 0 Å². The maximum absolute atomic E-state index is 6.12. The lowest BCUT2D eigenvalue weighted by Crippen LogP contribution is -2.34. The zero-order valence-corrected chi connectivity index (χ0v) is 12.1. The van der Waals surface area contributed by atoms with Gasteiger partial charge in [-0.15, -0.1) is 0 Å². The number of fused-ring (bicyclic) bond motifs is 1. The van der Waals surface area contributed by atoms with Gasteiger partial charge in [-0.05, 0) is 50.3 Å². The van der Waals surface area contributed by atoms with Crippen molar-refractivity contribution in [1.82, 2.24) is 5.32 Å². The molecule has 1 aliphatic carbocycles. The Balaban J connectivity index is 1.61. The lowest BCUT2D eigenvalue weighted by molar-refractivity contribution is 0.184. The zero-order chi connectivity index (χ0) is 13.2. The molecule has 2 heteroatoms. The lowest BCUT2D eigenvalue weighted by Gasteiger charge is -2.23. The van der Waals surface area contributed by atoms with Gasteiger partial charge in [0.05, 0.1) is 0 Å². The van der Waals surface area contributed by atoms with Gasteiger partial charge in [0.1, 0.15) is 11.9 Å². The molecule has 1 saturated carbocycles. The summed E-state index contributed by atoms with van der Waals surface area (Å²) < 4.78 is 6.12. The summed E-state index contributed by atoms with van der Waals surface area (Å²) in [6.45, 7) is 5.46. The van der Waals surface area contributed by atoms with Gasteiger partial charge in [0.15, 0.2) is 0 Å². The van der Waals surface area contributed by atoms with E-state index in [4.69, 9.17) is 4.74 Å². The third kappa shape index (κ3) is 2.79. The first-order chi connectivity index (χ1) is 9.26. The molecule has 19 heavy (non-hydrogen) atoms. The maximum Gasteiger partial charge on any atom is 0.123 e. The van der Waals surface area contributed by atoms with Crippen LogP contribution in [0.2, 0.25) is 0 Å². The molecule has 0 amide bonds. The van der Waals surface area contributed by atoms with E-state index in [0.29, 0.717) is 6.10 Å². The number of hydrogen-bond donors (Lipinski definition) is 1. The Morgan fingerprint density at radius 3 is 3.05 bits per heavy atom. The van der Waals surface area contributed by atoms with Crippen LogP contribution in [0.15, 0.2) is 18.2 Å². The third-order valence-corrected chi connectivity index (χ3v) is 4.65. The first-order valence-electron chi connectivity index (χ1n) is 7.76. The molecule has 3 unspecified atom stereocenters. The average Bonchev–Trinajstić information content (AvgIpc) is 2.97. The van der Waals surface area contributed by atoms with Gasteiger partial charge in [-0.1, -0.05) is 31.0 Å². The summed E-state index contributed by atoms with van der Waals surface area (Å²) in [6, 6.07) is 7.30. The van der Waals surface area contributed by atoms with Crippen molar-refractivity contribution in [3.8, 4) is 5.75 Å². The highest BCUT2D eigenvalue weighted by Gasteiger charge is 2.32. The highest BCUT2D eigenvalue weighted by molar-refractivity contribution is 5.40. The predicted octanol–water partition coefficient (Wildman–Crippen LogP) is 3.47. The summed E-state index contributed by atoms with van der Waals surface area (Å²) >= 11 is 0. The highest BCUT2D eigenvalue weighted by Crippen LogP contribution is 2.36. The molecule has 3 rings (SSSR count). The molecule has 104 valence electrons. The molecule has 1 aromatic carbocycles. The SMILES string of the molecule is CCNC1CCCC1CC1Cc2cc(C)ccc2O1. The number of benzene rings is 1. The lowest BCUT2D eigenvalue weighted by atomic mass is 9.94. The third-order valence-electron chi connectivity index (χ3n) is 4.65. The van der Waals surface area contributed by atoms with Gasteiger partial charge in [0, 0.05) is 12.5 Å². The second-order valence-corrected chi connectivity index (χ2v) is 6.15. The molecule has 1 aliphatic heterocycles. The van der Waals surface area contributed by atoms with Crippen LogP contribution in [0.1, 0.15) is 43.7 Å². The van der Waals surface area contributed by atoms with Crippen molar-refractivity contribution in [2.45, 2.75) is 58.1 Å². The van der Waals surface area contributed by atoms with E-state index < -0.39 is 0 Å². The van der Waals surface area contributed by atoms with Crippen molar-refractivity contribution in [3.63, 3.8) is 0 Å². The first kappa shape index (κ1) is 13.0. The van der Waals surface area contributed by atoms with Gasteiger partial charge in [0.25, 0.3) is 0 Å². The van der Waals surface area contributed by atoms with Gasteiger partial charge >= 0.3 is 0 Å². The van der Waals surface area contributed by atoms with E-state index in [0.717, 1.165) is 30.7 Å². The number of ether oxygens (including phenoxy) is 1. The van der Waals surface area contributed by atoms with Crippen molar-refractivity contribution in [3.05, 3.63) is 29.3 Å². The fraction of sp³-hybridized carbons (Fsp3) is 0.647. The van der Waals surface area contributed by atoms with Crippen molar-refractivity contribution in [2.24, 2.45) is 5.92 Å². The van der Waals surface area contributed by atoms with E-state index in [1.807, 2.05) is 0 Å². The van der Waals surface area contributed by atoms with Crippen LogP contribution in [0, 0.1) is 12.8 Å². The molecule has 2 nitrogen and oxygen atoms in total. The quantitative estimate of drug-likeness (QED) is 0.894. The van der Waals surface area contributed by atoms with Crippen LogP contribution >= 0.6 is 0 Å². The van der Waals surface area contributed by atoms with Crippen molar-refractivity contribution >= 4 is 0 Å². The minimum absolute atomic E-state index is 0.404. The molecular formula is C17H25NO. The van der Waals surface area contributed by atoms with Crippen LogP contribution in [0.5, 0.6) is 5.75 Å². The zero-order valence-electron chi connectivity index (χ0n) is 12.1. The largest absolute Gasteiger partial charge is 0.490 e. The van der Waals surface area contributed by atoms with Crippen LogP contribution < -0.4 is 10.1 Å². The Morgan fingerprint density at radius 2 is 2.21 bits per heavy atom. The van der Waals surface area contributed by atoms with Gasteiger partial charge in [0.2, 0.25) is 0 Å². The molecule has 0 bridgehead atoms. The van der Waals surface area contributed by atoms with E-state index >= 15 is 0 Å². The second kappa shape index (κ2) is 5.54. The van der Waals surface area contributed by atoms with Gasteiger partial charge < -0.3 is 10.1 Å². The molecule has 1 fully saturated rings. The fourth-order valence-electron chi connectivity index (χ4n) is 3.77. The molecule has 0 aromatic heterocycles. The minimum atomic E-state index is 0.404. The average molecular weight is 259 g/mol. The Morgan fingerprint density at radius 1 is 1.32 bits per heavy atom. The summed E-state index contributed by atoms with van der Waals surface area (Å²) in [4.78, 5) is 0.